The average Bonchev–Trinajstić information content (AvgIpc) is 2.99. The molecule has 1 aromatic carbocycles. The minimum atomic E-state index is 0. The zero-order valence-electron chi connectivity index (χ0n) is 12.3. The van der Waals surface area contributed by atoms with Crippen LogP contribution in [0.15, 0.2) is 29.2 Å². The quantitative estimate of drug-likeness (QED) is 0.550. The van der Waals surface area contributed by atoms with E-state index in [0.29, 0.717) is 13.1 Å². The fourth-order valence-corrected chi connectivity index (χ4v) is 3.00. The van der Waals surface area contributed by atoms with Gasteiger partial charge in [0.1, 0.15) is 0 Å². The monoisotopic (exact) mass is 364 g/mol. The first-order valence-corrected chi connectivity index (χ1v) is 8.58. The van der Waals surface area contributed by atoms with E-state index in [2.05, 4.69) is 10.6 Å². The summed E-state index contributed by atoms with van der Waals surface area (Å²) in [6, 6.07) is 7.71. The molecule has 0 bridgehead atoms. The van der Waals surface area contributed by atoms with E-state index in [9.17, 15) is 4.79 Å². The van der Waals surface area contributed by atoms with Crippen LogP contribution < -0.4 is 10.6 Å². The number of amides is 1. The highest BCUT2D eigenvalue weighted by atomic mass is 35.5. The number of hydrogen-bond acceptors (Lipinski definition) is 4. The summed E-state index contributed by atoms with van der Waals surface area (Å²) in [6.07, 6.45) is 2.49. The number of benzene rings is 1. The predicted octanol–water partition coefficient (Wildman–Crippen LogP) is 2.74. The lowest BCUT2D eigenvalue weighted by molar-refractivity contribution is -0.120. The van der Waals surface area contributed by atoms with Gasteiger partial charge in [-0.05, 0) is 37.1 Å². The number of nitrogens with one attached hydrogen (secondary N) is 2. The van der Waals surface area contributed by atoms with Crippen LogP contribution in [-0.2, 0) is 9.53 Å². The highest BCUT2D eigenvalue weighted by Crippen LogP contribution is 2.19. The maximum absolute atomic E-state index is 11.6. The number of carbonyl (C=O) groups excluding carboxylic acids is 1. The molecule has 1 amide bonds. The molecule has 1 fully saturated rings. The van der Waals surface area contributed by atoms with Crippen molar-refractivity contribution >= 4 is 41.7 Å². The molecule has 2 rings (SSSR count). The Morgan fingerprint density at radius 3 is 2.82 bits per heavy atom. The van der Waals surface area contributed by atoms with Crippen LogP contribution in [0.3, 0.4) is 0 Å². The number of halogens is 2. The molecule has 124 valence electrons. The standard InChI is InChI=1S/C15H21ClN2O2S.ClH/c16-12-3-5-14(6-4-12)21-9-7-18-15(19)11-17-10-13-2-1-8-20-13;/h3-6,13,17H,1-2,7-11H2,(H,18,19);1H. The molecule has 1 saturated heterocycles. The van der Waals surface area contributed by atoms with Gasteiger partial charge in [0.25, 0.3) is 0 Å². The van der Waals surface area contributed by atoms with E-state index in [1.54, 1.807) is 11.8 Å². The molecule has 7 heteroatoms. The fraction of sp³-hybridized carbons (Fsp3) is 0.533. The van der Waals surface area contributed by atoms with Gasteiger partial charge in [-0.25, -0.2) is 0 Å². The molecule has 1 aliphatic rings. The van der Waals surface area contributed by atoms with Crippen LogP contribution in [0.1, 0.15) is 12.8 Å². The summed E-state index contributed by atoms with van der Waals surface area (Å²) in [4.78, 5) is 12.8. The van der Waals surface area contributed by atoms with E-state index >= 15 is 0 Å². The van der Waals surface area contributed by atoms with Crippen molar-refractivity contribution in [1.82, 2.24) is 10.6 Å². The van der Waals surface area contributed by atoms with Crippen LogP contribution in [0.2, 0.25) is 5.02 Å². The van der Waals surface area contributed by atoms with Crippen LogP contribution in [0.25, 0.3) is 0 Å². The van der Waals surface area contributed by atoms with Crippen LogP contribution in [0, 0.1) is 0 Å². The Kier molecular flexibility index (Phi) is 9.91. The maximum Gasteiger partial charge on any atom is 0.233 e. The third-order valence-corrected chi connectivity index (χ3v) is 4.45. The van der Waals surface area contributed by atoms with Gasteiger partial charge in [-0.15, -0.1) is 24.2 Å². The van der Waals surface area contributed by atoms with E-state index in [1.165, 1.54) is 0 Å². The first-order valence-electron chi connectivity index (χ1n) is 7.21. The van der Waals surface area contributed by atoms with Gasteiger partial charge < -0.3 is 15.4 Å². The Morgan fingerprint density at radius 1 is 1.36 bits per heavy atom. The van der Waals surface area contributed by atoms with Crippen LogP contribution in [-0.4, -0.2) is 44.0 Å². The number of carbonyl (C=O) groups is 1. The Bertz CT molecular complexity index is 440. The fourth-order valence-electron chi connectivity index (χ4n) is 2.10. The second kappa shape index (κ2) is 11.1. The summed E-state index contributed by atoms with van der Waals surface area (Å²) >= 11 is 7.53. The zero-order chi connectivity index (χ0) is 14.9. The Hall–Kier alpha value is -0.460. The molecule has 0 aromatic heterocycles. The van der Waals surface area contributed by atoms with Gasteiger partial charge in [-0.2, -0.15) is 0 Å². The van der Waals surface area contributed by atoms with Crippen molar-refractivity contribution in [2.24, 2.45) is 0 Å². The summed E-state index contributed by atoms with van der Waals surface area (Å²) in [5, 5.41) is 6.77. The van der Waals surface area contributed by atoms with Gasteiger partial charge in [0.2, 0.25) is 5.91 Å². The summed E-state index contributed by atoms with van der Waals surface area (Å²) in [5.41, 5.74) is 0. The Morgan fingerprint density at radius 2 is 2.14 bits per heavy atom. The smallest absolute Gasteiger partial charge is 0.233 e. The molecule has 22 heavy (non-hydrogen) atoms. The minimum Gasteiger partial charge on any atom is -0.377 e. The van der Waals surface area contributed by atoms with Crippen molar-refractivity contribution in [3.8, 4) is 0 Å². The van der Waals surface area contributed by atoms with Crippen LogP contribution in [0.5, 0.6) is 0 Å². The number of rotatable bonds is 8. The lowest BCUT2D eigenvalue weighted by Crippen LogP contribution is -2.37. The van der Waals surface area contributed by atoms with Crippen molar-refractivity contribution in [2.45, 2.75) is 23.8 Å². The molecule has 2 N–H and O–H groups in total. The van der Waals surface area contributed by atoms with Crippen LogP contribution in [0.4, 0.5) is 0 Å². The average molecular weight is 365 g/mol. The van der Waals surface area contributed by atoms with Gasteiger partial charge >= 0.3 is 0 Å². The number of ether oxygens (including phenoxy) is 1. The first kappa shape index (κ1) is 19.6. The summed E-state index contributed by atoms with van der Waals surface area (Å²) in [5.74, 6) is 0.878. The van der Waals surface area contributed by atoms with Crippen molar-refractivity contribution in [1.29, 1.82) is 0 Å². The summed E-state index contributed by atoms with van der Waals surface area (Å²) in [6.45, 7) is 2.62. The van der Waals surface area contributed by atoms with Crippen molar-refractivity contribution in [2.75, 3.05) is 32.0 Å². The van der Waals surface area contributed by atoms with Gasteiger partial charge in [-0.1, -0.05) is 11.6 Å². The Balaban J connectivity index is 0.00000242. The lowest BCUT2D eigenvalue weighted by atomic mass is 10.2. The Labute approximate surface area is 147 Å². The molecule has 1 aromatic rings. The molecule has 1 unspecified atom stereocenters. The lowest BCUT2D eigenvalue weighted by Gasteiger charge is -2.10. The summed E-state index contributed by atoms with van der Waals surface area (Å²) in [7, 11) is 0. The maximum atomic E-state index is 11.6. The molecular formula is C15H22Cl2N2O2S. The molecule has 0 spiro atoms. The summed E-state index contributed by atoms with van der Waals surface area (Å²) < 4.78 is 5.48. The zero-order valence-corrected chi connectivity index (χ0v) is 14.7. The molecule has 1 aliphatic heterocycles. The normalized spacial score (nSPS) is 17.0. The molecule has 1 heterocycles. The minimum absolute atomic E-state index is 0. The van der Waals surface area contributed by atoms with Gasteiger partial charge in [0, 0.05) is 35.4 Å². The van der Waals surface area contributed by atoms with Crippen LogP contribution >= 0.6 is 35.8 Å². The molecule has 0 radical (unpaired) electrons. The van der Waals surface area contributed by atoms with E-state index < -0.39 is 0 Å². The number of hydrogen-bond donors (Lipinski definition) is 2. The third-order valence-electron chi connectivity index (χ3n) is 3.19. The SMILES string of the molecule is Cl.O=C(CNCC1CCCO1)NCCSc1ccc(Cl)cc1. The van der Waals surface area contributed by atoms with Gasteiger partial charge in [0.05, 0.1) is 12.6 Å². The highest BCUT2D eigenvalue weighted by molar-refractivity contribution is 7.99. The van der Waals surface area contributed by atoms with Crippen molar-refractivity contribution < 1.29 is 9.53 Å². The predicted molar refractivity (Wildman–Crippen MR) is 94.3 cm³/mol. The van der Waals surface area contributed by atoms with E-state index in [-0.39, 0.29) is 24.4 Å². The second-order valence-electron chi connectivity index (χ2n) is 4.92. The highest BCUT2D eigenvalue weighted by Gasteiger charge is 2.14. The topological polar surface area (TPSA) is 50.4 Å². The largest absolute Gasteiger partial charge is 0.377 e. The third kappa shape index (κ3) is 7.70. The van der Waals surface area contributed by atoms with Crippen molar-refractivity contribution in [3.63, 3.8) is 0 Å². The molecular weight excluding hydrogens is 343 g/mol. The molecule has 0 aliphatic carbocycles. The van der Waals surface area contributed by atoms with Gasteiger partial charge in [0.15, 0.2) is 0 Å². The molecule has 1 atom stereocenters. The second-order valence-corrected chi connectivity index (χ2v) is 6.52. The van der Waals surface area contributed by atoms with E-state index in [4.69, 9.17) is 16.3 Å². The van der Waals surface area contributed by atoms with Gasteiger partial charge in [-0.3, -0.25) is 4.79 Å². The first-order chi connectivity index (χ1) is 10.2. The molecule has 0 saturated carbocycles. The van der Waals surface area contributed by atoms with E-state index in [1.807, 2.05) is 24.3 Å². The van der Waals surface area contributed by atoms with Crippen molar-refractivity contribution in [3.05, 3.63) is 29.3 Å². The number of thioether (sulfide) groups is 1. The molecule has 4 nitrogen and oxygen atoms in total. The van der Waals surface area contributed by atoms with E-state index in [0.717, 1.165) is 41.7 Å².